The summed E-state index contributed by atoms with van der Waals surface area (Å²) < 4.78 is 343. The fourth-order valence-corrected chi connectivity index (χ4v) is 8.72. The summed E-state index contributed by atoms with van der Waals surface area (Å²) in [6, 6.07) is 9.96. The first kappa shape index (κ1) is 60.7. The maximum atomic E-state index is 14.2. The van der Waals surface area contributed by atoms with Gasteiger partial charge >= 0.3 is 49.4 Å². The lowest BCUT2D eigenvalue weighted by Gasteiger charge is -2.46. The van der Waals surface area contributed by atoms with E-state index < -0.39 is 195 Å². The second kappa shape index (κ2) is 20.9. The molecule has 0 saturated heterocycles. The summed E-state index contributed by atoms with van der Waals surface area (Å²) in [4.78, 5) is 24.5. The van der Waals surface area contributed by atoms with Gasteiger partial charge in [-0.15, -0.1) is 0 Å². The molecule has 6 aromatic carbocycles. The average Bonchev–Trinajstić information content (AvgIpc) is 3.38. The molecule has 0 amide bonds. The molecule has 0 aliphatic rings. The Kier molecular flexibility index (Phi) is 16.1. The monoisotopic (exact) mass is 1150 g/mol. The van der Waals surface area contributed by atoms with E-state index in [9.17, 15) is 115 Å². The van der Waals surface area contributed by atoms with Gasteiger partial charge in [0, 0.05) is 18.6 Å². The highest BCUT2D eigenvalue weighted by molar-refractivity contribution is 7.20. The quantitative estimate of drug-likeness (QED) is 0.0658. The van der Waals surface area contributed by atoms with Gasteiger partial charge in [-0.2, -0.15) is 132 Å². The zero-order valence-corrected chi connectivity index (χ0v) is 38.9. The Morgan fingerprint density at radius 2 is 0.633 bits per heavy atom. The van der Waals surface area contributed by atoms with Gasteiger partial charge in [-0.05, 0) is 35.7 Å². The average molecular weight is 1150 g/mol. The van der Waals surface area contributed by atoms with Crippen molar-refractivity contribution in [1.29, 1.82) is 0 Å². The number of carbonyl (C=O) groups is 2. The molecular formula is C51H28BF24NO2. The number of pyridine rings is 1. The third-order valence-electron chi connectivity index (χ3n) is 12.1. The largest absolute Gasteiger partial charge is 0.416 e. The molecule has 0 aliphatic heterocycles. The van der Waals surface area contributed by atoms with Crippen LogP contribution in [0.1, 0.15) is 72.3 Å². The molecule has 79 heavy (non-hydrogen) atoms. The number of rotatable bonds is 8. The van der Waals surface area contributed by atoms with Crippen molar-refractivity contribution in [2.75, 3.05) is 0 Å². The lowest BCUT2D eigenvalue weighted by molar-refractivity contribution is -0.683. The zero-order valence-electron chi connectivity index (χ0n) is 38.9. The molecule has 0 N–H and O–H groups in total. The lowest BCUT2D eigenvalue weighted by atomic mass is 9.12. The number of benzene rings is 6. The molecule has 0 fully saturated rings. The van der Waals surface area contributed by atoms with E-state index in [0.717, 1.165) is 10.8 Å². The van der Waals surface area contributed by atoms with Gasteiger partial charge in [0.1, 0.15) is 6.15 Å². The van der Waals surface area contributed by atoms with E-state index in [1.165, 1.54) is 6.92 Å². The van der Waals surface area contributed by atoms with E-state index in [0.29, 0.717) is 11.3 Å². The number of hydrogen-bond donors (Lipinski definition) is 0. The van der Waals surface area contributed by atoms with Crippen LogP contribution in [-0.4, -0.2) is 17.7 Å². The Hall–Kier alpha value is -7.55. The second-order valence-electron chi connectivity index (χ2n) is 17.4. The number of halogens is 24. The van der Waals surface area contributed by atoms with Gasteiger partial charge in [-0.3, -0.25) is 9.59 Å². The van der Waals surface area contributed by atoms with Gasteiger partial charge < -0.3 is 0 Å². The van der Waals surface area contributed by atoms with Crippen LogP contribution in [0.5, 0.6) is 0 Å². The summed E-state index contributed by atoms with van der Waals surface area (Å²) in [6.45, 7) is 1.69. The Morgan fingerprint density at radius 1 is 0.367 bits per heavy atom. The number of hydrogen-bond acceptors (Lipinski definition) is 2. The molecule has 0 unspecified atom stereocenters. The molecular weight excluding hydrogens is 1130 g/mol. The predicted molar refractivity (Wildman–Crippen MR) is 235 cm³/mol. The van der Waals surface area contributed by atoms with Crippen molar-refractivity contribution in [3.8, 4) is 0 Å². The van der Waals surface area contributed by atoms with Crippen molar-refractivity contribution in [3.63, 3.8) is 0 Å². The van der Waals surface area contributed by atoms with Crippen molar-refractivity contribution < 1.29 is 120 Å². The smallest absolute Gasteiger partial charge is 0.288 e. The summed E-state index contributed by atoms with van der Waals surface area (Å²) >= 11 is 0. The highest BCUT2D eigenvalue weighted by atomic mass is 19.4. The Morgan fingerprint density at radius 3 is 0.899 bits per heavy atom. The molecule has 1 heterocycles. The van der Waals surface area contributed by atoms with Crippen LogP contribution in [0, 0.1) is 0 Å². The molecule has 420 valence electrons. The van der Waals surface area contributed by atoms with Crippen LogP contribution in [0.2, 0.25) is 0 Å². The van der Waals surface area contributed by atoms with E-state index in [-0.39, 0.29) is 18.1 Å². The summed E-state index contributed by atoms with van der Waals surface area (Å²) in [5.41, 5.74) is -29.0. The summed E-state index contributed by atoms with van der Waals surface area (Å²) in [5, 5.41) is 1.87. The molecule has 0 atom stereocenters. The Bertz CT molecular complexity index is 2980. The predicted octanol–water partition coefficient (Wildman–Crippen LogP) is 14.4. The van der Waals surface area contributed by atoms with Crippen molar-refractivity contribution >= 4 is 50.3 Å². The van der Waals surface area contributed by atoms with E-state index >= 15 is 0 Å². The molecule has 0 spiro atoms. The molecule has 7 aromatic rings. The van der Waals surface area contributed by atoms with Gasteiger partial charge in [0.15, 0.2) is 6.20 Å². The van der Waals surface area contributed by atoms with Crippen molar-refractivity contribution in [3.05, 3.63) is 195 Å². The summed E-state index contributed by atoms with van der Waals surface area (Å²) in [5.74, 6) is -0.0546. The van der Waals surface area contributed by atoms with Crippen molar-refractivity contribution in [1.82, 2.24) is 0 Å². The van der Waals surface area contributed by atoms with Crippen LogP contribution in [0.25, 0.3) is 10.8 Å². The SMILES string of the molecule is CC(=O)c1c2ccccc2cc[n+]1CC(=O)c1ccccc1.FC(F)(F)c1cc([B-](c2cc(C(F)(F)F)cc(C(F)(F)F)c2)(c2cc(C(F)(F)F)cc(C(F)(F)F)c2)c2cc(C(F)(F)F)cc(C(F)(F)F)c2)cc(C(F)(F)F)c1. The van der Waals surface area contributed by atoms with E-state index in [1.807, 2.05) is 48.5 Å². The van der Waals surface area contributed by atoms with Crippen LogP contribution >= 0.6 is 0 Å². The normalized spacial score (nSPS) is 13.3. The maximum Gasteiger partial charge on any atom is 0.416 e. The van der Waals surface area contributed by atoms with Crippen molar-refractivity contribution in [2.45, 2.75) is 62.9 Å². The van der Waals surface area contributed by atoms with Crippen LogP contribution in [0.15, 0.2) is 140 Å². The number of ketones is 2. The Labute approximate surface area is 427 Å². The number of aromatic nitrogens is 1. The van der Waals surface area contributed by atoms with Crippen molar-refractivity contribution in [2.24, 2.45) is 0 Å². The minimum absolute atomic E-state index is 0.0108. The first-order chi connectivity index (χ1) is 35.9. The topological polar surface area (TPSA) is 38.0 Å². The maximum absolute atomic E-state index is 14.2. The van der Waals surface area contributed by atoms with Crippen LogP contribution in [-0.2, 0) is 56.0 Å². The fourth-order valence-electron chi connectivity index (χ4n) is 8.72. The molecule has 7 rings (SSSR count). The molecule has 3 nitrogen and oxygen atoms in total. The standard InChI is InChI=1S/C32H12BF24.C19H16NO2/c34-25(35,36)13-1-14(26(37,38)39)6-21(5-13)33(22-7-15(27(40,41)42)2-16(8-22)28(43,44)45,23-9-17(29(46,47)48)3-18(10-23)30(49,50)51)24-11-19(31(52,53)54)4-20(12-24)32(55,56)57;1-14(21)19-17-10-6-5-7-15(17)11-12-20(19)13-18(22)16-8-3-2-4-9-16/h1-12H;2-12H,13H2,1H3/q-1;+1. The third kappa shape index (κ3) is 13.5. The summed E-state index contributed by atoms with van der Waals surface area (Å²) in [6.07, 6.45) is -53.0. The van der Waals surface area contributed by atoms with Gasteiger partial charge in [0.25, 0.3) is 5.69 Å². The van der Waals surface area contributed by atoms with E-state index in [1.54, 1.807) is 22.9 Å². The van der Waals surface area contributed by atoms with Gasteiger partial charge in [0.05, 0.1) is 49.9 Å². The minimum Gasteiger partial charge on any atom is -0.288 e. The van der Waals surface area contributed by atoms with E-state index in [2.05, 4.69) is 0 Å². The van der Waals surface area contributed by atoms with Crippen LogP contribution in [0.4, 0.5) is 105 Å². The molecule has 0 bridgehead atoms. The minimum atomic E-state index is -6.13. The number of alkyl halides is 24. The highest BCUT2D eigenvalue weighted by Gasteiger charge is 2.47. The molecule has 28 heteroatoms. The first-order valence-electron chi connectivity index (χ1n) is 21.8. The molecule has 1 aromatic heterocycles. The fraction of sp³-hybridized carbons (Fsp3) is 0.196. The van der Waals surface area contributed by atoms with Crippen LogP contribution in [0.3, 0.4) is 0 Å². The number of Topliss-reactive ketones (excluding diaryl/α,β-unsaturated/α-hetero) is 2. The van der Waals surface area contributed by atoms with Crippen LogP contribution < -0.4 is 26.4 Å². The number of carbonyl (C=O) groups excluding carboxylic acids is 2. The van der Waals surface area contributed by atoms with Gasteiger partial charge in [0.2, 0.25) is 18.1 Å². The van der Waals surface area contributed by atoms with Gasteiger partial charge in [-0.25, -0.2) is 0 Å². The highest BCUT2D eigenvalue weighted by Crippen LogP contribution is 2.41. The number of fused-ring (bicyclic) bond motifs is 1. The number of nitrogens with zero attached hydrogens (tertiary/aromatic N) is 1. The van der Waals surface area contributed by atoms with E-state index in [4.69, 9.17) is 0 Å². The Balaban J connectivity index is 0.000000378. The van der Waals surface area contributed by atoms with Gasteiger partial charge in [-0.1, -0.05) is 97.1 Å². The third-order valence-corrected chi connectivity index (χ3v) is 12.1. The summed E-state index contributed by atoms with van der Waals surface area (Å²) in [7, 11) is 0. The molecule has 0 saturated carbocycles. The molecule has 0 radical (unpaired) electrons. The second-order valence-corrected chi connectivity index (χ2v) is 17.4. The zero-order chi connectivity index (χ0) is 59.4. The molecule has 0 aliphatic carbocycles. The first-order valence-corrected chi connectivity index (χ1v) is 21.8. The lowest BCUT2D eigenvalue weighted by Crippen LogP contribution is -2.75.